The third-order valence-electron chi connectivity index (χ3n) is 3.55. The molecule has 0 saturated carbocycles. The van der Waals surface area contributed by atoms with Crippen molar-refractivity contribution in [3.63, 3.8) is 0 Å². The Hall–Kier alpha value is -0.750. The summed E-state index contributed by atoms with van der Waals surface area (Å²) in [4.78, 5) is 6.48. The van der Waals surface area contributed by atoms with E-state index >= 15 is 0 Å². The summed E-state index contributed by atoms with van der Waals surface area (Å²) < 4.78 is 0.663. The van der Waals surface area contributed by atoms with Gasteiger partial charge in [-0.05, 0) is 56.5 Å². The third kappa shape index (κ3) is 3.63. The van der Waals surface area contributed by atoms with Crippen LogP contribution in [0.3, 0.4) is 0 Å². The van der Waals surface area contributed by atoms with E-state index in [4.69, 9.17) is 0 Å². The van der Waals surface area contributed by atoms with E-state index in [-0.39, 0.29) is 11.1 Å². The average molecular weight is 328 g/mol. The van der Waals surface area contributed by atoms with Gasteiger partial charge in [-0.15, -0.1) is 10.2 Å². The summed E-state index contributed by atoms with van der Waals surface area (Å²) in [7, 11) is 2.05. The Bertz CT molecular complexity index is 427. The molecule has 0 radical (unpaired) electrons. The zero-order valence-electron chi connectivity index (χ0n) is 12.2. The molecule has 2 rings (SSSR count). The van der Waals surface area contributed by atoms with Crippen LogP contribution in [0.15, 0.2) is 10.8 Å². The zero-order valence-corrected chi connectivity index (χ0v) is 13.8. The number of hydrogen-bond acceptors (Lipinski definition) is 5. The number of halogens is 1. The van der Waals surface area contributed by atoms with Crippen LogP contribution in [0.2, 0.25) is 0 Å². The molecule has 19 heavy (non-hydrogen) atoms. The first kappa shape index (κ1) is 14.7. The molecular weight excluding hydrogens is 306 g/mol. The molecule has 1 N–H and O–H groups in total. The summed E-state index contributed by atoms with van der Waals surface area (Å²) in [6.07, 6.45) is 3.81. The van der Waals surface area contributed by atoms with E-state index in [1.165, 1.54) is 0 Å². The number of piperidine rings is 1. The lowest BCUT2D eigenvalue weighted by Crippen LogP contribution is -2.62. The van der Waals surface area contributed by atoms with E-state index in [9.17, 15) is 0 Å². The van der Waals surface area contributed by atoms with Crippen LogP contribution < -0.4 is 10.2 Å². The van der Waals surface area contributed by atoms with Crippen molar-refractivity contribution in [3.05, 3.63) is 10.8 Å². The lowest BCUT2D eigenvalue weighted by molar-refractivity contribution is 0.160. The Balaban J connectivity index is 2.18. The van der Waals surface area contributed by atoms with Crippen molar-refractivity contribution < 1.29 is 0 Å². The van der Waals surface area contributed by atoms with E-state index in [1.54, 1.807) is 6.20 Å². The fourth-order valence-corrected chi connectivity index (χ4v) is 3.30. The van der Waals surface area contributed by atoms with E-state index < -0.39 is 0 Å². The highest BCUT2D eigenvalue weighted by Gasteiger charge is 2.39. The number of nitrogens with one attached hydrogen (secondary N) is 1. The Morgan fingerprint density at radius 3 is 2.26 bits per heavy atom. The van der Waals surface area contributed by atoms with Gasteiger partial charge in [0.05, 0.1) is 6.20 Å². The van der Waals surface area contributed by atoms with Crippen LogP contribution in [-0.2, 0) is 0 Å². The average Bonchev–Trinajstić information content (AvgIpc) is 2.25. The molecule has 106 valence electrons. The molecule has 5 nitrogen and oxygen atoms in total. The van der Waals surface area contributed by atoms with E-state index in [0.29, 0.717) is 16.6 Å². The van der Waals surface area contributed by atoms with E-state index in [1.807, 2.05) is 7.05 Å². The van der Waals surface area contributed by atoms with Gasteiger partial charge < -0.3 is 10.2 Å². The van der Waals surface area contributed by atoms with Gasteiger partial charge in [0.2, 0.25) is 5.95 Å². The lowest BCUT2D eigenvalue weighted by Gasteiger charge is -2.48. The van der Waals surface area contributed by atoms with Crippen molar-refractivity contribution in [1.82, 2.24) is 20.5 Å². The molecule has 0 unspecified atom stereocenters. The maximum absolute atomic E-state index is 4.33. The minimum atomic E-state index is 0.115. The second-order valence-electron chi connectivity index (χ2n) is 6.65. The Morgan fingerprint density at radius 2 is 1.79 bits per heavy atom. The normalized spacial score (nSPS) is 22.2. The molecule has 0 bridgehead atoms. The molecule has 0 amide bonds. The molecule has 0 aromatic carbocycles. The SMILES string of the molecule is CN(c1ncc(Br)nn1)C1CC(C)(C)NC(C)(C)C1. The van der Waals surface area contributed by atoms with Crippen LogP contribution in [0, 0.1) is 0 Å². The molecule has 0 spiro atoms. The van der Waals surface area contributed by atoms with Crippen molar-refractivity contribution in [1.29, 1.82) is 0 Å². The highest BCUT2D eigenvalue weighted by Crippen LogP contribution is 2.32. The standard InChI is InChI=1S/C13H22BrN5/c1-12(2)6-9(7-13(3,4)18-12)19(5)11-15-8-10(14)16-17-11/h8-9,18H,6-7H2,1-5H3. The summed E-state index contributed by atoms with van der Waals surface area (Å²) >= 11 is 3.26. The predicted octanol–water partition coefficient (Wildman–Crippen LogP) is 2.38. The second kappa shape index (κ2) is 4.98. The smallest absolute Gasteiger partial charge is 0.245 e. The lowest BCUT2D eigenvalue weighted by atomic mass is 9.79. The minimum absolute atomic E-state index is 0.115. The number of rotatable bonds is 2. The number of nitrogens with zero attached hydrogens (tertiary/aromatic N) is 4. The van der Waals surface area contributed by atoms with Crippen LogP contribution in [0.1, 0.15) is 40.5 Å². The molecule has 1 aromatic rings. The van der Waals surface area contributed by atoms with Crippen LogP contribution in [0.5, 0.6) is 0 Å². The molecule has 2 heterocycles. The molecule has 1 aromatic heterocycles. The molecule has 6 heteroatoms. The van der Waals surface area contributed by atoms with Crippen LogP contribution >= 0.6 is 15.9 Å². The van der Waals surface area contributed by atoms with Crippen LogP contribution in [0.4, 0.5) is 5.95 Å². The quantitative estimate of drug-likeness (QED) is 0.903. The maximum atomic E-state index is 4.33. The third-order valence-corrected chi connectivity index (χ3v) is 3.92. The number of hydrogen-bond donors (Lipinski definition) is 1. The molecular formula is C13H22BrN5. The summed E-state index contributed by atoms with van der Waals surface area (Å²) in [6.45, 7) is 8.98. The molecule has 1 aliphatic heterocycles. The zero-order chi connectivity index (χ0) is 14.3. The Kier molecular flexibility index (Phi) is 3.84. The van der Waals surface area contributed by atoms with Gasteiger partial charge in [-0.2, -0.15) is 0 Å². The maximum Gasteiger partial charge on any atom is 0.245 e. The van der Waals surface area contributed by atoms with Crippen molar-refractivity contribution in [2.45, 2.75) is 57.7 Å². The Morgan fingerprint density at radius 1 is 1.21 bits per heavy atom. The van der Waals surface area contributed by atoms with Gasteiger partial charge in [0.15, 0.2) is 0 Å². The Labute approximate surface area is 123 Å². The first-order valence-corrected chi connectivity index (χ1v) is 7.35. The molecule has 1 fully saturated rings. The second-order valence-corrected chi connectivity index (χ2v) is 7.46. The fourth-order valence-electron chi connectivity index (χ4n) is 3.12. The molecule has 1 aliphatic rings. The van der Waals surface area contributed by atoms with Crippen molar-refractivity contribution >= 4 is 21.9 Å². The highest BCUT2D eigenvalue weighted by atomic mass is 79.9. The van der Waals surface area contributed by atoms with Crippen molar-refractivity contribution in [2.75, 3.05) is 11.9 Å². The summed E-state index contributed by atoms with van der Waals surface area (Å²) in [5.41, 5.74) is 0.229. The van der Waals surface area contributed by atoms with Gasteiger partial charge in [0.25, 0.3) is 0 Å². The first-order valence-electron chi connectivity index (χ1n) is 6.56. The summed E-state index contributed by atoms with van der Waals surface area (Å²) in [5.74, 6) is 0.682. The first-order chi connectivity index (χ1) is 8.69. The summed E-state index contributed by atoms with van der Waals surface area (Å²) in [5, 5.41) is 11.8. The van der Waals surface area contributed by atoms with Crippen molar-refractivity contribution in [2.24, 2.45) is 0 Å². The number of aromatic nitrogens is 3. The predicted molar refractivity (Wildman–Crippen MR) is 80.2 cm³/mol. The number of anilines is 1. The van der Waals surface area contributed by atoms with Gasteiger partial charge in [0, 0.05) is 24.2 Å². The van der Waals surface area contributed by atoms with Gasteiger partial charge in [-0.25, -0.2) is 4.98 Å². The molecule has 0 atom stereocenters. The van der Waals surface area contributed by atoms with Gasteiger partial charge in [-0.1, -0.05) is 0 Å². The molecule has 0 aliphatic carbocycles. The summed E-state index contributed by atoms with van der Waals surface area (Å²) in [6, 6.07) is 0.411. The molecule has 1 saturated heterocycles. The van der Waals surface area contributed by atoms with Crippen LogP contribution in [-0.4, -0.2) is 39.3 Å². The van der Waals surface area contributed by atoms with Crippen molar-refractivity contribution in [3.8, 4) is 0 Å². The van der Waals surface area contributed by atoms with E-state index in [0.717, 1.165) is 12.8 Å². The monoisotopic (exact) mass is 327 g/mol. The largest absolute Gasteiger partial charge is 0.339 e. The van der Waals surface area contributed by atoms with Gasteiger partial charge in [-0.3, -0.25) is 0 Å². The minimum Gasteiger partial charge on any atom is -0.339 e. The van der Waals surface area contributed by atoms with Gasteiger partial charge >= 0.3 is 0 Å². The topological polar surface area (TPSA) is 53.9 Å². The van der Waals surface area contributed by atoms with Crippen LogP contribution in [0.25, 0.3) is 0 Å². The van der Waals surface area contributed by atoms with Gasteiger partial charge in [0.1, 0.15) is 4.60 Å². The fraction of sp³-hybridized carbons (Fsp3) is 0.769. The highest BCUT2D eigenvalue weighted by molar-refractivity contribution is 9.10. The van der Waals surface area contributed by atoms with E-state index in [2.05, 4.69) is 69.0 Å².